The summed E-state index contributed by atoms with van der Waals surface area (Å²) in [4.78, 5) is 27.2. The summed E-state index contributed by atoms with van der Waals surface area (Å²) >= 11 is 0. The molecule has 1 fully saturated rings. The zero-order valence-corrected chi connectivity index (χ0v) is 11.8. The van der Waals surface area contributed by atoms with Crippen LogP contribution in [0.2, 0.25) is 0 Å². The van der Waals surface area contributed by atoms with E-state index in [9.17, 15) is 9.59 Å². The highest BCUT2D eigenvalue weighted by molar-refractivity contribution is 5.83. The molecular weight excluding hydrogens is 254 g/mol. The molecule has 108 valence electrons. The molecule has 0 radical (unpaired) electrons. The van der Waals surface area contributed by atoms with Gasteiger partial charge in [-0.05, 0) is 25.0 Å². The maximum absolute atomic E-state index is 12.3. The number of piperidine rings is 1. The van der Waals surface area contributed by atoms with Crippen LogP contribution >= 0.6 is 0 Å². The van der Waals surface area contributed by atoms with Crippen LogP contribution in [0.15, 0.2) is 30.3 Å². The molecule has 1 saturated heterocycles. The summed E-state index contributed by atoms with van der Waals surface area (Å²) in [6.45, 7) is 1.48. The fourth-order valence-corrected chi connectivity index (χ4v) is 2.51. The minimum atomic E-state index is -0.307. The number of carbonyl (C=O) groups is 2. The molecule has 20 heavy (non-hydrogen) atoms. The van der Waals surface area contributed by atoms with Crippen molar-refractivity contribution in [2.75, 3.05) is 31.6 Å². The van der Waals surface area contributed by atoms with Crippen LogP contribution in [0.25, 0.3) is 0 Å². The number of likely N-dealkylation sites (tertiary alicyclic amines) is 1. The lowest BCUT2D eigenvalue weighted by Gasteiger charge is -2.32. The van der Waals surface area contributed by atoms with Crippen LogP contribution in [0.3, 0.4) is 0 Å². The van der Waals surface area contributed by atoms with Crippen LogP contribution in [-0.2, 0) is 9.59 Å². The third-order valence-corrected chi connectivity index (χ3v) is 3.75. The second-order valence-electron chi connectivity index (χ2n) is 5.27. The van der Waals surface area contributed by atoms with E-state index in [2.05, 4.69) is 0 Å². The second-order valence-corrected chi connectivity index (χ2v) is 5.27. The summed E-state index contributed by atoms with van der Waals surface area (Å²) in [5, 5.41) is 0. The number of nitrogens with two attached hydrogens (primary N) is 1. The number of nitrogens with zero attached hydrogens (tertiary/aromatic N) is 2. The molecule has 1 atom stereocenters. The number of carbonyl (C=O) groups excluding carboxylic acids is 2. The van der Waals surface area contributed by atoms with E-state index in [1.54, 1.807) is 4.90 Å². The quantitative estimate of drug-likeness (QED) is 0.885. The smallest absolute Gasteiger partial charge is 0.242 e. The number of amides is 2. The number of benzene rings is 1. The fraction of sp³-hybridized carbons (Fsp3) is 0.467. The third-order valence-electron chi connectivity index (χ3n) is 3.75. The number of rotatable bonds is 4. The number of hydrogen-bond donors (Lipinski definition) is 1. The van der Waals surface area contributed by atoms with Crippen molar-refractivity contribution >= 4 is 17.5 Å². The van der Waals surface area contributed by atoms with E-state index < -0.39 is 0 Å². The highest BCUT2D eigenvalue weighted by atomic mass is 16.2. The van der Waals surface area contributed by atoms with E-state index in [0.29, 0.717) is 19.6 Å². The van der Waals surface area contributed by atoms with Gasteiger partial charge < -0.3 is 15.5 Å². The van der Waals surface area contributed by atoms with Gasteiger partial charge in [-0.3, -0.25) is 9.59 Å². The van der Waals surface area contributed by atoms with Crippen molar-refractivity contribution in [1.82, 2.24) is 4.90 Å². The zero-order chi connectivity index (χ0) is 14.5. The molecule has 0 aromatic heterocycles. The van der Waals surface area contributed by atoms with Gasteiger partial charge in [-0.25, -0.2) is 0 Å². The first-order chi connectivity index (χ1) is 9.58. The number of para-hydroxylation sites is 1. The van der Waals surface area contributed by atoms with Gasteiger partial charge in [0.25, 0.3) is 0 Å². The summed E-state index contributed by atoms with van der Waals surface area (Å²) in [6.07, 6.45) is 1.63. The number of likely N-dealkylation sites (N-methyl/N-ethyl adjacent to an activating group) is 1. The van der Waals surface area contributed by atoms with E-state index in [-0.39, 0.29) is 17.7 Å². The molecule has 1 aliphatic heterocycles. The predicted octanol–water partition coefficient (Wildman–Crippen LogP) is 0.847. The van der Waals surface area contributed by atoms with Gasteiger partial charge in [-0.1, -0.05) is 18.2 Å². The molecule has 1 aliphatic rings. The van der Waals surface area contributed by atoms with Crippen molar-refractivity contribution in [2.45, 2.75) is 12.8 Å². The minimum absolute atomic E-state index is 0.0438. The lowest BCUT2D eigenvalue weighted by molar-refractivity contribution is -0.133. The monoisotopic (exact) mass is 275 g/mol. The molecule has 1 aromatic rings. The SMILES string of the molecule is CN(CC(=O)N1CCCC(C(N)=O)C1)c1ccccc1. The Morgan fingerprint density at radius 1 is 1.35 bits per heavy atom. The second kappa shape index (κ2) is 6.41. The highest BCUT2D eigenvalue weighted by Gasteiger charge is 2.27. The highest BCUT2D eigenvalue weighted by Crippen LogP contribution is 2.17. The van der Waals surface area contributed by atoms with E-state index in [1.807, 2.05) is 42.3 Å². The molecule has 5 nitrogen and oxygen atoms in total. The van der Waals surface area contributed by atoms with Crippen molar-refractivity contribution in [3.05, 3.63) is 30.3 Å². The Balaban J connectivity index is 1.93. The van der Waals surface area contributed by atoms with Crippen molar-refractivity contribution in [2.24, 2.45) is 11.7 Å². The van der Waals surface area contributed by atoms with E-state index in [0.717, 1.165) is 18.5 Å². The van der Waals surface area contributed by atoms with Gasteiger partial charge in [0.15, 0.2) is 0 Å². The summed E-state index contributed by atoms with van der Waals surface area (Å²) in [5.41, 5.74) is 6.34. The van der Waals surface area contributed by atoms with Crippen molar-refractivity contribution < 1.29 is 9.59 Å². The Morgan fingerprint density at radius 3 is 2.70 bits per heavy atom. The predicted molar refractivity (Wildman–Crippen MR) is 78.2 cm³/mol. The average molecular weight is 275 g/mol. The number of hydrogen-bond acceptors (Lipinski definition) is 3. The van der Waals surface area contributed by atoms with Crippen LogP contribution < -0.4 is 10.6 Å². The summed E-state index contributed by atoms with van der Waals surface area (Å²) < 4.78 is 0. The van der Waals surface area contributed by atoms with Gasteiger partial charge in [-0.2, -0.15) is 0 Å². The normalized spacial score (nSPS) is 18.6. The molecule has 2 N–H and O–H groups in total. The van der Waals surface area contributed by atoms with Gasteiger partial charge in [0.05, 0.1) is 12.5 Å². The van der Waals surface area contributed by atoms with Crippen LogP contribution in [0.5, 0.6) is 0 Å². The van der Waals surface area contributed by atoms with E-state index in [1.165, 1.54) is 0 Å². The standard InChI is InChI=1S/C15H21N3O2/c1-17(13-7-3-2-4-8-13)11-14(19)18-9-5-6-12(10-18)15(16)20/h2-4,7-8,12H,5-6,9-11H2,1H3,(H2,16,20). The Labute approximate surface area is 119 Å². The topological polar surface area (TPSA) is 66.6 Å². The molecule has 5 heteroatoms. The summed E-state index contributed by atoms with van der Waals surface area (Å²) in [7, 11) is 1.89. The lowest BCUT2D eigenvalue weighted by atomic mass is 9.97. The van der Waals surface area contributed by atoms with Gasteiger partial charge >= 0.3 is 0 Å². The lowest BCUT2D eigenvalue weighted by Crippen LogP contribution is -2.47. The summed E-state index contributed by atoms with van der Waals surface area (Å²) in [5.74, 6) is -0.462. The van der Waals surface area contributed by atoms with E-state index >= 15 is 0 Å². The minimum Gasteiger partial charge on any atom is -0.369 e. The molecular formula is C15H21N3O2. The summed E-state index contributed by atoms with van der Waals surface area (Å²) in [6, 6.07) is 9.77. The van der Waals surface area contributed by atoms with Crippen molar-refractivity contribution in [1.29, 1.82) is 0 Å². The largest absolute Gasteiger partial charge is 0.369 e. The molecule has 0 spiro atoms. The maximum Gasteiger partial charge on any atom is 0.242 e. The average Bonchev–Trinajstić information content (AvgIpc) is 2.48. The van der Waals surface area contributed by atoms with Crippen molar-refractivity contribution in [3.8, 4) is 0 Å². The van der Waals surface area contributed by atoms with Gasteiger partial charge in [-0.15, -0.1) is 0 Å². The zero-order valence-electron chi connectivity index (χ0n) is 11.8. The van der Waals surface area contributed by atoms with Crippen LogP contribution in [0, 0.1) is 5.92 Å². The van der Waals surface area contributed by atoms with Gasteiger partial charge in [0.1, 0.15) is 0 Å². The number of primary amides is 1. The molecule has 0 aliphatic carbocycles. The molecule has 1 unspecified atom stereocenters. The Hall–Kier alpha value is -2.04. The molecule has 2 rings (SSSR count). The molecule has 0 saturated carbocycles. The van der Waals surface area contributed by atoms with E-state index in [4.69, 9.17) is 5.73 Å². The first kappa shape index (κ1) is 14.4. The molecule has 2 amide bonds. The molecule has 1 heterocycles. The van der Waals surface area contributed by atoms with Crippen LogP contribution in [0.1, 0.15) is 12.8 Å². The van der Waals surface area contributed by atoms with Gasteiger partial charge in [0.2, 0.25) is 11.8 Å². The molecule has 0 bridgehead atoms. The molecule has 1 aromatic carbocycles. The van der Waals surface area contributed by atoms with Crippen molar-refractivity contribution in [3.63, 3.8) is 0 Å². The first-order valence-electron chi connectivity index (χ1n) is 6.91. The van der Waals surface area contributed by atoms with Crippen LogP contribution in [0.4, 0.5) is 5.69 Å². The fourth-order valence-electron chi connectivity index (χ4n) is 2.51. The Kier molecular flexibility index (Phi) is 4.61. The number of anilines is 1. The van der Waals surface area contributed by atoms with Crippen LogP contribution in [-0.4, -0.2) is 43.4 Å². The third kappa shape index (κ3) is 3.50. The Bertz CT molecular complexity index is 475. The maximum atomic E-state index is 12.3. The Morgan fingerprint density at radius 2 is 2.05 bits per heavy atom. The first-order valence-corrected chi connectivity index (χ1v) is 6.91. The van der Waals surface area contributed by atoms with Gasteiger partial charge in [0, 0.05) is 25.8 Å².